The molecule has 2 heterocycles. The van der Waals surface area contributed by atoms with Crippen LogP contribution in [0, 0.1) is 5.41 Å². The molecule has 0 spiro atoms. The van der Waals surface area contributed by atoms with Crippen LogP contribution in [-0.2, 0) is 0 Å². The Hall–Kier alpha value is -2.08. The summed E-state index contributed by atoms with van der Waals surface area (Å²) in [6.07, 6.45) is 11.3. The van der Waals surface area contributed by atoms with Gasteiger partial charge in [-0.3, -0.25) is 5.41 Å². The van der Waals surface area contributed by atoms with Crippen molar-refractivity contribution in [2.75, 3.05) is 44.0 Å². The van der Waals surface area contributed by atoms with E-state index in [9.17, 15) is 0 Å². The van der Waals surface area contributed by atoms with E-state index in [4.69, 9.17) is 11.3 Å². The molecule has 0 atom stereocenters. The standard InChI is InChI=1S/C16H24N6.C2H6/c1-20-8-10-21(11-9-20)16-15(17)22(18)14(12-19-16)13-6-4-2-3-5-7-13;1-2/h2,4,6,12,17H,3,5,7-11,18H2,1H3;1-2H3. The zero-order valence-electron chi connectivity index (χ0n) is 15.1. The third kappa shape index (κ3) is 4.06. The molecule has 1 saturated heterocycles. The number of nitrogens with one attached hydrogen (secondary N) is 1. The zero-order chi connectivity index (χ0) is 17.5. The Labute approximate surface area is 144 Å². The first kappa shape index (κ1) is 18.3. The van der Waals surface area contributed by atoms with Gasteiger partial charge in [0.05, 0.1) is 11.9 Å². The highest BCUT2D eigenvalue weighted by atomic mass is 15.3. The quantitative estimate of drug-likeness (QED) is 0.813. The summed E-state index contributed by atoms with van der Waals surface area (Å²) in [4.78, 5) is 8.98. The molecule has 1 fully saturated rings. The van der Waals surface area contributed by atoms with Crippen LogP contribution in [0.1, 0.15) is 38.8 Å². The fourth-order valence-electron chi connectivity index (χ4n) is 2.95. The third-order valence-corrected chi connectivity index (χ3v) is 4.40. The number of allylic oxidation sites excluding steroid dienone is 4. The summed E-state index contributed by atoms with van der Waals surface area (Å²) in [6, 6.07) is 0. The minimum atomic E-state index is 0.288. The van der Waals surface area contributed by atoms with Gasteiger partial charge in [-0.1, -0.05) is 32.1 Å². The van der Waals surface area contributed by atoms with E-state index in [1.807, 2.05) is 20.0 Å². The smallest absolute Gasteiger partial charge is 0.187 e. The molecule has 132 valence electrons. The van der Waals surface area contributed by atoms with Crippen LogP contribution in [0.25, 0.3) is 5.57 Å². The number of likely N-dealkylation sites (N-methyl/N-ethyl adjacent to an activating group) is 1. The maximum atomic E-state index is 8.37. The number of rotatable bonds is 2. The molecule has 0 radical (unpaired) electrons. The van der Waals surface area contributed by atoms with E-state index in [0.29, 0.717) is 5.82 Å². The second kappa shape index (κ2) is 8.68. The summed E-state index contributed by atoms with van der Waals surface area (Å²) in [5.74, 6) is 6.87. The predicted octanol–water partition coefficient (Wildman–Crippen LogP) is 1.98. The summed E-state index contributed by atoms with van der Waals surface area (Å²) in [5.41, 5.74) is 2.28. The summed E-state index contributed by atoms with van der Waals surface area (Å²) in [7, 11) is 2.12. The molecule has 1 aliphatic heterocycles. The molecule has 6 heteroatoms. The number of nitrogen functional groups attached to an aromatic ring is 1. The number of piperazine rings is 1. The molecule has 0 aromatic carbocycles. The van der Waals surface area contributed by atoms with Crippen LogP contribution in [0.5, 0.6) is 0 Å². The molecule has 1 aromatic rings. The molecular weight excluding hydrogens is 300 g/mol. The van der Waals surface area contributed by atoms with E-state index in [1.165, 1.54) is 4.68 Å². The summed E-state index contributed by atoms with van der Waals surface area (Å²) < 4.78 is 1.48. The molecule has 0 saturated carbocycles. The molecule has 1 aliphatic carbocycles. The Kier molecular flexibility index (Phi) is 6.61. The molecular formula is C18H30N6. The van der Waals surface area contributed by atoms with Gasteiger partial charge in [0.25, 0.3) is 0 Å². The second-order valence-corrected chi connectivity index (χ2v) is 5.99. The Bertz CT molecular complexity index is 650. The van der Waals surface area contributed by atoms with Crippen molar-refractivity contribution < 1.29 is 0 Å². The van der Waals surface area contributed by atoms with E-state index < -0.39 is 0 Å². The van der Waals surface area contributed by atoms with Gasteiger partial charge in [0.2, 0.25) is 0 Å². The molecule has 0 unspecified atom stereocenters. The average Bonchev–Trinajstić information content (AvgIpc) is 2.89. The van der Waals surface area contributed by atoms with Gasteiger partial charge >= 0.3 is 0 Å². The third-order valence-electron chi connectivity index (χ3n) is 4.40. The molecule has 0 bridgehead atoms. The lowest BCUT2D eigenvalue weighted by Gasteiger charge is -2.33. The topological polar surface area (TPSA) is 74.2 Å². The lowest BCUT2D eigenvalue weighted by atomic mass is 10.1. The van der Waals surface area contributed by atoms with E-state index in [2.05, 4.69) is 40.1 Å². The van der Waals surface area contributed by atoms with Gasteiger partial charge in [-0.2, -0.15) is 0 Å². The number of hydrogen-bond donors (Lipinski definition) is 2. The lowest BCUT2D eigenvalue weighted by Crippen LogP contribution is -2.48. The zero-order valence-corrected chi connectivity index (χ0v) is 15.1. The Morgan fingerprint density at radius 1 is 1.17 bits per heavy atom. The SMILES string of the molecule is CC.CN1CCN(c2ncc(C3=CC=CCCC3)n(N)c2=N)CC1. The highest BCUT2D eigenvalue weighted by Crippen LogP contribution is 2.22. The van der Waals surface area contributed by atoms with Crippen LogP contribution in [0.4, 0.5) is 5.82 Å². The molecule has 2 aliphatic rings. The Morgan fingerprint density at radius 3 is 2.58 bits per heavy atom. The van der Waals surface area contributed by atoms with Crippen molar-refractivity contribution in [1.82, 2.24) is 14.6 Å². The summed E-state index contributed by atoms with van der Waals surface area (Å²) >= 11 is 0. The van der Waals surface area contributed by atoms with E-state index in [1.54, 1.807) is 0 Å². The van der Waals surface area contributed by atoms with Crippen LogP contribution in [0.3, 0.4) is 0 Å². The van der Waals surface area contributed by atoms with Gasteiger partial charge < -0.3 is 15.6 Å². The number of nitrogens with two attached hydrogens (primary N) is 1. The number of nitrogens with zero attached hydrogens (tertiary/aromatic N) is 4. The van der Waals surface area contributed by atoms with Gasteiger partial charge in [-0.15, -0.1) is 0 Å². The normalized spacial score (nSPS) is 18.5. The molecule has 0 amide bonds. The predicted molar refractivity (Wildman–Crippen MR) is 100 cm³/mol. The average molecular weight is 330 g/mol. The van der Waals surface area contributed by atoms with Gasteiger partial charge in [0.1, 0.15) is 0 Å². The first-order valence-electron chi connectivity index (χ1n) is 8.88. The minimum absolute atomic E-state index is 0.288. The Balaban J connectivity index is 0.00000100. The van der Waals surface area contributed by atoms with Crippen LogP contribution < -0.4 is 16.2 Å². The van der Waals surface area contributed by atoms with Gasteiger partial charge in [0.15, 0.2) is 11.3 Å². The lowest BCUT2D eigenvalue weighted by molar-refractivity contribution is 0.311. The molecule has 3 N–H and O–H groups in total. The highest BCUT2D eigenvalue weighted by Gasteiger charge is 2.19. The Morgan fingerprint density at radius 2 is 1.88 bits per heavy atom. The maximum absolute atomic E-state index is 8.37. The van der Waals surface area contributed by atoms with E-state index in [0.717, 1.165) is 56.7 Å². The van der Waals surface area contributed by atoms with Crippen molar-refractivity contribution in [3.8, 4) is 0 Å². The minimum Gasteiger partial charge on any atom is -0.351 e. The number of hydrogen-bond acceptors (Lipinski definition) is 5. The number of anilines is 1. The van der Waals surface area contributed by atoms with E-state index >= 15 is 0 Å². The summed E-state index contributed by atoms with van der Waals surface area (Å²) in [6.45, 7) is 7.76. The second-order valence-electron chi connectivity index (χ2n) is 5.99. The monoisotopic (exact) mass is 330 g/mol. The van der Waals surface area contributed by atoms with Crippen LogP contribution in [0.15, 0.2) is 24.4 Å². The molecule has 3 rings (SSSR count). The largest absolute Gasteiger partial charge is 0.351 e. The van der Waals surface area contributed by atoms with Crippen molar-refractivity contribution in [3.05, 3.63) is 35.6 Å². The van der Waals surface area contributed by atoms with Crippen molar-refractivity contribution in [2.45, 2.75) is 33.1 Å². The maximum Gasteiger partial charge on any atom is 0.187 e. The first-order chi connectivity index (χ1) is 11.7. The highest BCUT2D eigenvalue weighted by molar-refractivity contribution is 5.65. The van der Waals surface area contributed by atoms with Crippen molar-refractivity contribution in [1.29, 1.82) is 5.41 Å². The fourth-order valence-corrected chi connectivity index (χ4v) is 2.95. The van der Waals surface area contributed by atoms with Crippen molar-refractivity contribution >= 4 is 11.4 Å². The van der Waals surface area contributed by atoms with E-state index in [-0.39, 0.29) is 5.49 Å². The first-order valence-corrected chi connectivity index (χ1v) is 8.88. The van der Waals surface area contributed by atoms with Crippen molar-refractivity contribution in [3.63, 3.8) is 0 Å². The summed E-state index contributed by atoms with van der Waals surface area (Å²) in [5, 5.41) is 8.37. The van der Waals surface area contributed by atoms with Crippen LogP contribution in [0.2, 0.25) is 0 Å². The number of aromatic nitrogens is 2. The van der Waals surface area contributed by atoms with Gasteiger partial charge in [0, 0.05) is 26.2 Å². The molecule has 6 nitrogen and oxygen atoms in total. The van der Waals surface area contributed by atoms with Gasteiger partial charge in [-0.05, 0) is 31.9 Å². The fraction of sp³-hybridized carbons (Fsp3) is 0.556. The van der Waals surface area contributed by atoms with Gasteiger partial charge in [-0.25, -0.2) is 9.66 Å². The molecule has 1 aromatic heterocycles. The van der Waals surface area contributed by atoms with Crippen LogP contribution >= 0.6 is 0 Å². The van der Waals surface area contributed by atoms with Crippen molar-refractivity contribution in [2.24, 2.45) is 0 Å². The van der Waals surface area contributed by atoms with Crippen LogP contribution in [-0.4, -0.2) is 47.8 Å². The molecule has 24 heavy (non-hydrogen) atoms.